The molecule has 2 heterocycles. The summed E-state index contributed by atoms with van der Waals surface area (Å²) in [7, 11) is 1.29. The molecule has 0 unspecified atom stereocenters. The molecular formula is C20H21N5O3. The number of pyridine rings is 1. The van der Waals surface area contributed by atoms with Crippen LogP contribution in [0.3, 0.4) is 0 Å². The maximum atomic E-state index is 12.6. The molecule has 144 valence electrons. The van der Waals surface area contributed by atoms with Gasteiger partial charge < -0.3 is 15.4 Å². The quantitative estimate of drug-likeness (QED) is 0.664. The third-order valence-electron chi connectivity index (χ3n) is 5.02. The van der Waals surface area contributed by atoms with Crippen LogP contribution in [-0.2, 0) is 9.53 Å². The summed E-state index contributed by atoms with van der Waals surface area (Å²) in [6.45, 7) is 0. The Labute approximate surface area is 161 Å². The highest BCUT2D eigenvalue weighted by atomic mass is 16.5. The second-order valence-corrected chi connectivity index (χ2v) is 6.77. The second-order valence-electron chi connectivity index (χ2n) is 6.77. The Bertz CT molecular complexity index is 998. The first kappa shape index (κ1) is 18.0. The van der Waals surface area contributed by atoms with E-state index in [4.69, 9.17) is 4.74 Å². The van der Waals surface area contributed by atoms with Crippen molar-refractivity contribution in [3.63, 3.8) is 0 Å². The number of fused-ring (bicyclic) bond motifs is 1. The fourth-order valence-corrected chi connectivity index (χ4v) is 3.31. The van der Waals surface area contributed by atoms with Crippen molar-refractivity contribution >= 4 is 23.3 Å². The normalized spacial score (nSPS) is 14.9. The summed E-state index contributed by atoms with van der Waals surface area (Å²) in [6.07, 6.45) is 5.31. The average Bonchev–Trinajstić information content (AvgIpc) is 3.10. The molecule has 0 radical (unpaired) electrons. The van der Waals surface area contributed by atoms with Gasteiger partial charge in [0.25, 0.3) is 0 Å². The molecule has 0 saturated heterocycles. The van der Waals surface area contributed by atoms with E-state index in [1.54, 1.807) is 30.3 Å². The number of methoxy groups -OCH3 is 1. The number of nitrogens with one attached hydrogen (secondary N) is 2. The summed E-state index contributed by atoms with van der Waals surface area (Å²) < 4.78 is 6.74. The van der Waals surface area contributed by atoms with Gasteiger partial charge in [-0.05, 0) is 30.5 Å². The summed E-state index contributed by atoms with van der Waals surface area (Å²) in [5, 5.41) is 14.0. The van der Waals surface area contributed by atoms with Crippen LogP contribution in [0.15, 0.2) is 48.7 Å². The number of rotatable bonds is 5. The van der Waals surface area contributed by atoms with Gasteiger partial charge in [0.15, 0.2) is 11.7 Å². The molecular weight excluding hydrogens is 358 g/mol. The maximum Gasteiger partial charge on any atom is 0.333 e. The largest absolute Gasteiger partial charge is 0.467 e. The Hall–Kier alpha value is -3.42. The number of anilines is 1. The maximum absolute atomic E-state index is 12.6. The standard InChI is InChI=1S/C20H21N5O3/c1-28-19(26)16(13-7-3-2-4-8-13)22-20(27)21-15-11-6-12-25-17(14-9-5-10-14)23-24-18(15)25/h2-4,6-8,11-12,14,16H,5,9-10H2,1H3,(H2,21,22,27)/t16-/m1/s1. The van der Waals surface area contributed by atoms with Crippen molar-refractivity contribution < 1.29 is 14.3 Å². The van der Waals surface area contributed by atoms with Crippen LogP contribution in [0.4, 0.5) is 10.5 Å². The van der Waals surface area contributed by atoms with E-state index >= 15 is 0 Å². The molecule has 4 rings (SSSR count). The molecule has 8 heteroatoms. The predicted molar refractivity (Wildman–Crippen MR) is 103 cm³/mol. The van der Waals surface area contributed by atoms with Crippen molar-refractivity contribution in [1.29, 1.82) is 0 Å². The van der Waals surface area contributed by atoms with Gasteiger partial charge in [-0.2, -0.15) is 0 Å². The molecule has 1 aromatic carbocycles. The Balaban J connectivity index is 1.54. The lowest BCUT2D eigenvalue weighted by Gasteiger charge is -2.23. The summed E-state index contributed by atoms with van der Waals surface area (Å²) in [5.74, 6) is 0.789. The van der Waals surface area contributed by atoms with Crippen molar-refractivity contribution in [1.82, 2.24) is 19.9 Å². The summed E-state index contributed by atoms with van der Waals surface area (Å²) >= 11 is 0. The Morgan fingerprint density at radius 2 is 1.93 bits per heavy atom. The highest BCUT2D eigenvalue weighted by Gasteiger charge is 2.26. The van der Waals surface area contributed by atoms with Gasteiger partial charge in [0, 0.05) is 12.1 Å². The molecule has 1 aliphatic carbocycles. The highest BCUT2D eigenvalue weighted by Crippen LogP contribution is 2.35. The third-order valence-corrected chi connectivity index (χ3v) is 5.02. The molecule has 0 spiro atoms. The van der Waals surface area contributed by atoms with E-state index in [1.165, 1.54) is 13.5 Å². The highest BCUT2D eigenvalue weighted by molar-refractivity contribution is 5.95. The van der Waals surface area contributed by atoms with Gasteiger partial charge in [0.05, 0.1) is 12.8 Å². The molecule has 0 aliphatic heterocycles. The molecule has 2 N–H and O–H groups in total. The molecule has 3 aromatic rings. The van der Waals surface area contributed by atoms with Gasteiger partial charge in [0.1, 0.15) is 5.82 Å². The predicted octanol–water partition coefficient (Wildman–Crippen LogP) is 3.03. The monoisotopic (exact) mass is 379 g/mol. The first-order valence-corrected chi connectivity index (χ1v) is 9.21. The molecule has 1 atom stereocenters. The van der Waals surface area contributed by atoms with E-state index in [0.29, 0.717) is 22.8 Å². The second kappa shape index (κ2) is 7.67. The zero-order valence-electron chi connectivity index (χ0n) is 15.5. The number of aromatic nitrogens is 3. The van der Waals surface area contributed by atoms with Gasteiger partial charge >= 0.3 is 12.0 Å². The smallest absolute Gasteiger partial charge is 0.333 e. The van der Waals surface area contributed by atoms with Gasteiger partial charge in [-0.1, -0.05) is 36.8 Å². The average molecular weight is 379 g/mol. The van der Waals surface area contributed by atoms with E-state index in [1.807, 2.05) is 22.7 Å². The number of benzene rings is 1. The minimum Gasteiger partial charge on any atom is -0.467 e. The number of carbonyl (C=O) groups excluding carboxylic acids is 2. The summed E-state index contributed by atoms with van der Waals surface area (Å²) in [4.78, 5) is 24.7. The summed E-state index contributed by atoms with van der Waals surface area (Å²) in [5.41, 5.74) is 1.74. The van der Waals surface area contributed by atoms with Crippen LogP contribution >= 0.6 is 0 Å². The topological polar surface area (TPSA) is 97.6 Å². The van der Waals surface area contributed by atoms with Crippen molar-refractivity contribution in [2.24, 2.45) is 0 Å². The zero-order chi connectivity index (χ0) is 19.5. The first-order valence-electron chi connectivity index (χ1n) is 9.21. The van der Waals surface area contributed by atoms with E-state index in [9.17, 15) is 9.59 Å². The molecule has 2 aromatic heterocycles. The van der Waals surface area contributed by atoms with Crippen molar-refractivity contribution in [3.05, 3.63) is 60.0 Å². The SMILES string of the molecule is COC(=O)[C@H](NC(=O)Nc1cccn2c(C3CCC3)nnc12)c1ccccc1. The Morgan fingerprint density at radius 3 is 2.61 bits per heavy atom. The van der Waals surface area contributed by atoms with Crippen molar-refractivity contribution in [3.8, 4) is 0 Å². The van der Waals surface area contributed by atoms with Gasteiger partial charge in [-0.3, -0.25) is 4.40 Å². The van der Waals surface area contributed by atoms with Crippen LogP contribution in [0, 0.1) is 0 Å². The molecule has 1 fully saturated rings. The lowest BCUT2D eigenvalue weighted by molar-refractivity contribution is -0.143. The zero-order valence-corrected chi connectivity index (χ0v) is 15.5. The fourth-order valence-electron chi connectivity index (χ4n) is 3.31. The van der Waals surface area contributed by atoms with Gasteiger partial charge in [-0.25, -0.2) is 9.59 Å². The molecule has 2 amide bonds. The van der Waals surface area contributed by atoms with Crippen LogP contribution in [-0.4, -0.2) is 33.7 Å². The number of nitrogens with zero attached hydrogens (tertiary/aromatic N) is 3. The van der Waals surface area contributed by atoms with Crippen LogP contribution in [0.25, 0.3) is 5.65 Å². The van der Waals surface area contributed by atoms with Gasteiger partial charge in [-0.15, -0.1) is 10.2 Å². The molecule has 1 aliphatic rings. The van der Waals surface area contributed by atoms with E-state index in [2.05, 4.69) is 20.8 Å². The van der Waals surface area contributed by atoms with Gasteiger partial charge in [0.2, 0.25) is 0 Å². The number of urea groups is 1. The van der Waals surface area contributed by atoms with Crippen molar-refractivity contribution in [2.45, 2.75) is 31.2 Å². The van der Waals surface area contributed by atoms with Crippen LogP contribution < -0.4 is 10.6 Å². The van der Waals surface area contributed by atoms with E-state index in [0.717, 1.165) is 18.7 Å². The number of esters is 1. The number of carbonyl (C=O) groups is 2. The number of ether oxygens (including phenoxy) is 1. The molecule has 1 saturated carbocycles. The Kier molecular flexibility index (Phi) is 4.92. The molecule has 8 nitrogen and oxygen atoms in total. The van der Waals surface area contributed by atoms with Crippen LogP contribution in [0.5, 0.6) is 0 Å². The molecule has 28 heavy (non-hydrogen) atoms. The minimum atomic E-state index is -0.908. The van der Waals surface area contributed by atoms with Crippen LogP contribution in [0.2, 0.25) is 0 Å². The lowest BCUT2D eigenvalue weighted by Crippen LogP contribution is -2.37. The number of hydrogen-bond donors (Lipinski definition) is 2. The third kappa shape index (κ3) is 3.40. The summed E-state index contributed by atoms with van der Waals surface area (Å²) in [6, 6.07) is 11.1. The first-order chi connectivity index (χ1) is 13.7. The molecule has 0 bridgehead atoms. The van der Waals surface area contributed by atoms with E-state index in [-0.39, 0.29) is 0 Å². The Morgan fingerprint density at radius 1 is 1.14 bits per heavy atom. The fraction of sp³-hybridized carbons (Fsp3) is 0.300. The van der Waals surface area contributed by atoms with Crippen LogP contribution in [0.1, 0.15) is 42.6 Å². The minimum absolute atomic E-state index is 0.417. The number of amides is 2. The van der Waals surface area contributed by atoms with Crippen molar-refractivity contribution in [2.75, 3.05) is 12.4 Å². The van der Waals surface area contributed by atoms with E-state index < -0.39 is 18.0 Å². The number of hydrogen-bond acceptors (Lipinski definition) is 5. The lowest BCUT2D eigenvalue weighted by atomic mass is 9.85.